The molecule has 0 saturated carbocycles. The second kappa shape index (κ2) is 15.7. The second-order valence-electron chi connectivity index (χ2n) is 10.5. The number of nitrogens with zero attached hydrogens (tertiary/aromatic N) is 1. The van der Waals surface area contributed by atoms with Crippen molar-refractivity contribution in [3.05, 3.63) is 54.1 Å². The monoisotopic (exact) mass is 557 g/mol. The van der Waals surface area contributed by atoms with Gasteiger partial charge in [-0.2, -0.15) is 0 Å². The highest BCUT2D eigenvalue weighted by Crippen LogP contribution is 2.28. The Morgan fingerprint density at radius 2 is 1.68 bits per heavy atom. The highest BCUT2D eigenvalue weighted by atomic mass is 16.6. The van der Waals surface area contributed by atoms with Gasteiger partial charge in [-0.15, -0.1) is 0 Å². The number of hydrogen-bond donors (Lipinski definition) is 4. The Labute approximate surface area is 236 Å². The third kappa shape index (κ3) is 10.4. The standard InChI is InChI=1S/C30H43N3O7/c1-6-7-8-9-10-18-33(28(37)25(20-34)32-29(38)40-30(2,3)4)26(21-12-11-13-23(35)19-21)27(36)31-22-14-16-24(39-5)17-15-22/h11-17,19,25-26,34-35H,6-10,18,20H2,1-5H3,(H,31,36)(H,32,38). The predicted molar refractivity (Wildman–Crippen MR) is 153 cm³/mol. The van der Waals surface area contributed by atoms with Crippen LogP contribution in [0.2, 0.25) is 0 Å². The minimum absolute atomic E-state index is 0.0688. The molecule has 0 spiro atoms. The van der Waals surface area contributed by atoms with Crippen LogP contribution >= 0.6 is 0 Å². The molecule has 2 atom stereocenters. The lowest BCUT2D eigenvalue weighted by atomic mass is 10.0. The molecule has 3 amide bonds. The van der Waals surface area contributed by atoms with Crippen LogP contribution in [0.25, 0.3) is 0 Å². The Morgan fingerprint density at radius 3 is 2.25 bits per heavy atom. The molecule has 0 aliphatic heterocycles. The van der Waals surface area contributed by atoms with Gasteiger partial charge in [0.25, 0.3) is 5.91 Å². The maximum atomic E-state index is 13.9. The van der Waals surface area contributed by atoms with Gasteiger partial charge in [-0.3, -0.25) is 9.59 Å². The molecule has 220 valence electrons. The van der Waals surface area contributed by atoms with Gasteiger partial charge in [0.2, 0.25) is 5.91 Å². The first-order chi connectivity index (χ1) is 19.0. The summed E-state index contributed by atoms with van der Waals surface area (Å²) in [4.78, 5) is 41.5. The predicted octanol–water partition coefficient (Wildman–Crippen LogP) is 4.77. The minimum Gasteiger partial charge on any atom is -0.508 e. The van der Waals surface area contributed by atoms with Crippen molar-refractivity contribution in [1.82, 2.24) is 10.2 Å². The lowest BCUT2D eigenvalue weighted by Crippen LogP contribution is -2.54. The van der Waals surface area contributed by atoms with E-state index in [0.717, 1.165) is 25.7 Å². The second-order valence-corrected chi connectivity index (χ2v) is 10.5. The van der Waals surface area contributed by atoms with E-state index in [9.17, 15) is 24.6 Å². The molecule has 10 nitrogen and oxygen atoms in total. The number of aromatic hydroxyl groups is 1. The molecule has 0 bridgehead atoms. The van der Waals surface area contributed by atoms with Crippen LogP contribution in [-0.4, -0.2) is 64.9 Å². The first kappa shape index (κ1) is 32.4. The summed E-state index contributed by atoms with van der Waals surface area (Å²) < 4.78 is 10.5. The van der Waals surface area contributed by atoms with Crippen molar-refractivity contribution in [3.63, 3.8) is 0 Å². The Bertz CT molecular complexity index is 1100. The van der Waals surface area contributed by atoms with E-state index >= 15 is 0 Å². The zero-order valence-electron chi connectivity index (χ0n) is 24.1. The quantitative estimate of drug-likeness (QED) is 0.246. The zero-order valence-corrected chi connectivity index (χ0v) is 24.1. The summed E-state index contributed by atoms with van der Waals surface area (Å²) in [5, 5.41) is 25.6. The number of ether oxygens (including phenoxy) is 2. The van der Waals surface area contributed by atoms with Crippen molar-refractivity contribution in [1.29, 1.82) is 0 Å². The van der Waals surface area contributed by atoms with Crippen molar-refractivity contribution in [3.8, 4) is 11.5 Å². The van der Waals surface area contributed by atoms with Crippen LogP contribution in [0.5, 0.6) is 11.5 Å². The molecule has 0 aliphatic rings. The molecule has 10 heteroatoms. The molecule has 2 rings (SSSR count). The van der Waals surface area contributed by atoms with Crippen molar-refractivity contribution in [2.45, 2.75) is 77.5 Å². The Balaban J connectivity index is 2.45. The summed E-state index contributed by atoms with van der Waals surface area (Å²) in [7, 11) is 1.54. The van der Waals surface area contributed by atoms with Crippen molar-refractivity contribution < 1.29 is 34.1 Å². The molecule has 0 heterocycles. The number of hydrogen-bond acceptors (Lipinski definition) is 7. The SMILES string of the molecule is CCCCCCCN(C(=O)C(CO)NC(=O)OC(C)(C)C)C(C(=O)Nc1ccc(OC)cc1)c1cccc(O)c1. The number of aliphatic hydroxyl groups is 1. The van der Waals surface area contributed by atoms with E-state index in [0.29, 0.717) is 23.4 Å². The molecular formula is C30H43N3O7. The summed E-state index contributed by atoms with van der Waals surface area (Å²) in [6.45, 7) is 6.65. The summed E-state index contributed by atoms with van der Waals surface area (Å²) in [5.41, 5.74) is 0.0489. The number of alkyl carbamates (subject to hydrolysis) is 1. The number of unbranched alkanes of at least 4 members (excludes halogenated alkanes) is 4. The number of amides is 3. The van der Waals surface area contributed by atoms with Crippen molar-refractivity contribution in [2.24, 2.45) is 0 Å². The van der Waals surface area contributed by atoms with E-state index < -0.39 is 42.2 Å². The fraction of sp³-hybridized carbons (Fsp3) is 0.500. The Hall–Kier alpha value is -3.79. The first-order valence-corrected chi connectivity index (χ1v) is 13.6. The Kier molecular flexibility index (Phi) is 12.7. The lowest BCUT2D eigenvalue weighted by molar-refractivity contribution is -0.141. The van der Waals surface area contributed by atoms with Crippen LogP contribution in [-0.2, 0) is 14.3 Å². The van der Waals surface area contributed by atoms with E-state index in [2.05, 4.69) is 17.6 Å². The van der Waals surface area contributed by atoms with E-state index in [1.807, 2.05) is 0 Å². The van der Waals surface area contributed by atoms with Crippen molar-refractivity contribution in [2.75, 3.05) is 25.6 Å². The van der Waals surface area contributed by atoms with Crippen LogP contribution < -0.4 is 15.4 Å². The molecule has 0 aromatic heterocycles. The van der Waals surface area contributed by atoms with Gasteiger partial charge in [-0.05, 0) is 69.2 Å². The van der Waals surface area contributed by atoms with E-state index in [1.54, 1.807) is 64.3 Å². The number of methoxy groups -OCH3 is 1. The van der Waals surface area contributed by atoms with E-state index in [1.165, 1.54) is 17.0 Å². The van der Waals surface area contributed by atoms with Gasteiger partial charge < -0.3 is 35.2 Å². The van der Waals surface area contributed by atoms with E-state index in [-0.39, 0.29) is 12.3 Å². The first-order valence-electron chi connectivity index (χ1n) is 13.6. The van der Waals surface area contributed by atoms with Gasteiger partial charge in [0.05, 0.1) is 13.7 Å². The summed E-state index contributed by atoms with van der Waals surface area (Å²) in [6, 6.07) is 10.4. The molecule has 40 heavy (non-hydrogen) atoms. The van der Waals surface area contributed by atoms with Crippen LogP contribution in [0.1, 0.15) is 71.4 Å². The molecule has 2 aromatic carbocycles. The van der Waals surface area contributed by atoms with Crippen LogP contribution in [0, 0.1) is 0 Å². The molecule has 0 saturated heterocycles. The Morgan fingerprint density at radius 1 is 1.00 bits per heavy atom. The van der Waals surface area contributed by atoms with Gasteiger partial charge in [0, 0.05) is 12.2 Å². The normalized spacial score (nSPS) is 12.7. The minimum atomic E-state index is -1.35. The average Bonchev–Trinajstić information content (AvgIpc) is 2.90. The number of carbonyl (C=O) groups excluding carboxylic acids is 3. The topological polar surface area (TPSA) is 137 Å². The lowest BCUT2D eigenvalue weighted by Gasteiger charge is -2.34. The van der Waals surface area contributed by atoms with Gasteiger partial charge in [0.1, 0.15) is 29.2 Å². The number of phenols is 1. The molecule has 2 unspecified atom stereocenters. The fourth-order valence-corrected chi connectivity index (χ4v) is 4.14. The molecular weight excluding hydrogens is 514 g/mol. The molecule has 0 aliphatic carbocycles. The average molecular weight is 558 g/mol. The summed E-state index contributed by atoms with van der Waals surface area (Å²) in [6.07, 6.45) is 3.62. The number of carbonyl (C=O) groups is 3. The van der Waals surface area contributed by atoms with Gasteiger partial charge >= 0.3 is 6.09 Å². The highest BCUT2D eigenvalue weighted by molar-refractivity contribution is 5.99. The van der Waals surface area contributed by atoms with Gasteiger partial charge in [-0.25, -0.2) is 4.79 Å². The number of rotatable bonds is 14. The third-order valence-electron chi connectivity index (χ3n) is 6.06. The van der Waals surface area contributed by atoms with Crippen molar-refractivity contribution >= 4 is 23.6 Å². The van der Waals surface area contributed by atoms with Crippen LogP contribution in [0.15, 0.2) is 48.5 Å². The van der Waals surface area contributed by atoms with Gasteiger partial charge in [-0.1, -0.05) is 44.7 Å². The number of nitrogens with one attached hydrogen (secondary N) is 2. The number of benzene rings is 2. The summed E-state index contributed by atoms with van der Waals surface area (Å²) in [5.74, 6) is -0.625. The molecule has 0 fully saturated rings. The third-order valence-corrected chi connectivity index (χ3v) is 6.06. The van der Waals surface area contributed by atoms with Gasteiger partial charge in [0.15, 0.2) is 0 Å². The number of phenolic OH excluding ortho intramolecular Hbond substituents is 1. The zero-order chi connectivity index (χ0) is 29.7. The maximum absolute atomic E-state index is 13.9. The highest BCUT2D eigenvalue weighted by Gasteiger charge is 2.36. The summed E-state index contributed by atoms with van der Waals surface area (Å²) >= 11 is 0. The smallest absolute Gasteiger partial charge is 0.408 e. The molecule has 2 aromatic rings. The van der Waals surface area contributed by atoms with Crippen LogP contribution in [0.3, 0.4) is 0 Å². The van der Waals surface area contributed by atoms with E-state index in [4.69, 9.17) is 9.47 Å². The maximum Gasteiger partial charge on any atom is 0.408 e. The largest absolute Gasteiger partial charge is 0.508 e. The molecule has 0 radical (unpaired) electrons. The fourth-order valence-electron chi connectivity index (χ4n) is 4.14. The number of aliphatic hydroxyl groups excluding tert-OH is 1. The number of anilines is 1. The van der Waals surface area contributed by atoms with Crippen LogP contribution in [0.4, 0.5) is 10.5 Å². The molecule has 4 N–H and O–H groups in total.